The highest BCUT2D eigenvalue weighted by atomic mass is 32.2. The summed E-state index contributed by atoms with van der Waals surface area (Å²) in [6.45, 7) is 2.22. The van der Waals surface area contributed by atoms with Crippen LogP contribution in [0, 0.1) is 0 Å². The first-order chi connectivity index (χ1) is 7.31. The Balaban J connectivity index is 1.78. The van der Waals surface area contributed by atoms with Gasteiger partial charge in [0.2, 0.25) is 0 Å². The van der Waals surface area contributed by atoms with Gasteiger partial charge in [0.05, 0.1) is 6.04 Å². The second-order valence-electron chi connectivity index (χ2n) is 4.32. The average Bonchev–Trinajstić information content (AvgIpc) is 2.87. The van der Waals surface area contributed by atoms with Crippen LogP contribution in [-0.2, 0) is 0 Å². The Morgan fingerprint density at radius 3 is 3.00 bits per heavy atom. The van der Waals surface area contributed by atoms with Crippen LogP contribution in [0.4, 0.5) is 0 Å². The molecule has 86 valence electrons. The molecule has 0 amide bonds. The zero-order valence-corrected chi connectivity index (χ0v) is 11.2. The van der Waals surface area contributed by atoms with E-state index in [1.165, 1.54) is 36.6 Å². The normalized spacial score (nSPS) is 35.6. The minimum atomic E-state index is 0.565. The van der Waals surface area contributed by atoms with Crippen molar-refractivity contribution in [1.82, 2.24) is 5.32 Å². The molecule has 1 aliphatic carbocycles. The molecule has 1 heterocycles. The van der Waals surface area contributed by atoms with E-state index in [0.29, 0.717) is 12.1 Å². The molecule has 0 aromatic carbocycles. The van der Waals surface area contributed by atoms with Gasteiger partial charge in [0, 0.05) is 17.0 Å². The van der Waals surface area contributed by atoms with Gasteiger partial charge in [0.15, 0.2) is 5.17 Å². The van der Waals surface area contributed by atoms with Gasteiger partial charge in [-0.25, -0.2) is 0 Å². The van der Waals surface area contributed by atoms with E-state index in [1.807, 2.05) is 23.5 Å². The molecule has 0 aromatic rings. The number of rotatable bonds is 3. The second-order valence-corrected chi connectivity index (χ2v) is 6.47. The zero-order chi connectivity index (χ0) is 10.7. The molecule has 0 spiro atoms. The Bertz CT molecular complexity index is 243. The van der Waals surface area contributed by atoms with Gasteiger partial charge in [-0.3, -0.25) is 4.99 Å². The molecule has 0 bridgehead atoms. The van der Waals surface area contributed by atoms with Crippen LogP contribution in [0.25, 0.3) is 0 Å². The molecule has 2 rings (SSSR count). The molecule has 2 nitrogen and oxygen atoms in total. The van der Waals surface area contributed by atoms with Crippen molar-refractivity contribution < 1.29 is 0 Å². The fourth-order valence-corrected chi connectivity index (χ4v) is 4.09. The molecule has 3 unspecified atom stereocenters. The lowest BCUT2D eigenvalue weighted by atomic mass is 10.2. The van der Waals surface area contributed by atoms with Gasteiger partial charge < -0.3 is 5.32 Å². The highest BCUT2D eigenvalue weighted by Crippen LogP contribution is 2.29. The lowest BCUT2D eigenvalue weighted by molar-refractivity contribution is 0.632. The minimum absolute atomic E-state index is 0.565. The van der Waals surface area contributed by atoms with Crippen LogP contribution < -0.4 is 5.32 Å². The first-order valence-corrected chi connectivity index (χ1v) is 8.09. The summed E-state index contributed by atoms with van der Waals surface area (Å²) in [6.07, 6.45) is 7.41. The lowest BCUT2D eigenvalue weighted by Crippen LogP contribution is -2.30. The number of aliphatic imine (C=N–C) groups is 1. The highest BCUT2D eigenvalue weighted by Gasteiger charge is 2.26. The Kier molecular flexibility index (Phi) is 4.26. The van der Waals surface area contributed by atoms with E-state index in [0.717, 1.165) is 5.25 Å². The largest absolute Gasteiger partial charge is 0.362 e. The third-order valence-electron chi connectivity index (χ3n) is 3.23. The van der Waals surface area contributed by atoms with E-state index < -0.39 is 0 Å². The molecule has 0 aromatic heterocycles. The molecule has 2 aliphatic rings. The molecule has 1 fully saturated rings. The average molecular weight is 244 g/mol. The maximum absolute atomic E-state index is 4.68. The summed E-state index contributed by atoms with van der Waals surface area (Å²) in [4.78, 5) is 4.68. The quantitative estimate of drug-likeness (QED) is 0.826. The van der Waals surface area contributed by atoms with Crippen molar-refractivity contribution >= 4 is 28.7 Å². The minimum Gasteiger partial charge on any atom is -0.362 e. The smallest absolute Gasteiger partial charge is 0.157 e. The van der Waals surface area contributed by atoms with Gasteiger partial charge in [-0.05, 0) is 31.9 Å². The Morgan fingerprint density at radius 1 is 1.53 bits per heavy atom. The van der Waals surface area contributed by atoms with Crippen molar-refractivity contribution in [3.8, 4) is 0 Å². The van der Waals surface area contributed by atoms with Crippen molar-refractivity contribution in [2.75, 3.05) is 12.0 Å². The van der Waals surface area contributed by atoms with Crippen molar-refractivity contribution in [3.05, 3.63) is 0 Å². The van der Waals surface area contributed by atoms with Gasteiger partial charge in [-0.2, -0.15) is 11.8 Å². The number of hydrogen-bond acceptors (Lipinski definition) is 4. The SMILES string of the molecule is CCC1CSC(NC2CCC(SC)C2)=N1. The van der Waals surface area contributed by atoms with Crippen LogP contribution in [0.1, 0.15) is 32.6 Å². The van der Waals surface area contributed by atoms with E-state index in [9.17, 15) is 0 Å². The van der Waals surface area contributed by atoms with Crippen LogP contribution in [0.15, 0.2) is 4.99 Å². The monoisotopic (exact) mass is 244 g/mol. The third kappa shape index (κ3) is 3.06. The Morgan fingerprint density at radius 2 is 2.40 bits per heavy atom. The second kappa shape index (κ2) is 5.48. The zero-order valence-electron chi connectivity index (χ0n) is 9.53. The number of nitrogens with zero attached hydrogens (tertiary/aromatic N) is 1. The molecule has 0 radical (unpaired) electrons. The number of amidine groups is 1. The van der Waals surface area contributed by atoms with Crippen molar-refractivity contribution in [2.24, 2.45) is 4.99 Å². The van der Waals surface area contributed by atoms with E-state index in [1.54, 1.807) is 0 Å². The Hall–Kier alpha value is 0.170. The molecule has 15 heavy (non-hydrogen) atoms. The molecule has 1 N–H and O–H groups in total. The molecular weight excluding hydrogens is 224 g/mol. The van der Waals surface area contributed by atoms with E-state index >= 15 is 0 Å². The summed E-state index contributed by atoms with van der Waals surface area (Å²) in [7, 11) is 0. The molecule has 4 heteroatoms. The summed E-state index contributed by atoms with van der Waals surface area (Å²) in [5, 5.41) is 5.68. The van der Waals surface area contributed by atoms with Crippen molar-refractivity contribution in [2.45, 2.75) is 49.9 Å². The number of hydrogen-bond donors (Lipinski definition) is 1. The predicted octanol–water partition coefficient (Wildman–Crippen LogP) is 2.74. The van der Waals surface area contributed by atoms with E-state index in [-0.39, 0.29) is 0 Å². The van der Waals surface area contributed by atoms with Crippen molar-refractivity contribution in [1.29, 1.82) is 0 Å². The summed E-state index contributed by atoms with van der Waals surface area (Å²) >= 11 is 3.92. The molecule has 0 saturated heterocycles. The summed E-state index contributed by atoms with van der Waals surface area (Å²) in [5.74, 6) is 1.18. The van der Waals surface area contributed by atoms with Gasteiger partial charge >= 0.3 is 0 Å². The first-order valence-electron chi connectivity index (χ1n) is 5.81. The number of nitrogens with one attached hydrogen (secondary N) is 1. The number of thioether (sulfide) groups is 2. The topological polar surface area (TPSA) is 24.4 Å². The summed E-state index contributed by atoms with van der Waals surface area (Å²) in [5.41, 5.74) is 0. The third-order valence-corrected chi connectivity index (χ3v) is 5.37. The molecule has 3 atom stereocenters. The molecule has 1 aliphatic heterocycles. The van der Waals surface area contributed by atoms with Gasteiger partial charge in [-0.1, -0.05) is 18.7 Å². The van der Waals surface area contributed by atoms with Crippen LogP contribution in [0.3, 0.4) is 0 Å². The molecule has 1 saturated carbocycles. The molecular formula is C11H20N2S2. The fraction of sp³-hybridized carbons (Fsp3) is 0.909. The lowest BCUT2D eigenvalue weighted by Gasteiger charge is -2.12. The van der Waals surface area contributed by atoms with E-state index in [2.05, 4.69) is 23.5 Å². The summed E-state index contributed by atoms with van der Waals surface area (Å²) in [6, 6.07) is 1.25. The fourth-order valence-electron chi connectivity index (χ4n) is 2.16. The first kappa shape index (κ1) is 11.6. The summed E-state index contributed by atoms with van der Waals surface area (Å²) < 4.78 is 0. The van der Waals surface area contributed by atoms with Crippen LogP contribution >= 0.6 is 23.5 Å². The Labute approximate surface area is 101 Å². The standard InChI is InChI=1S/C11H20N2S2/c1-3-8-7-15-11(12-8)13-9-4-5-10(6-9)14-2/h8-10H,3-7H2,1-2H3,(H,12,13). The van der Waals surface area contributed by atoms with Gasteiger partial charge in [0.1, 0.15) is 0 Å². The van der Waals surface area contributed by atoms with Crippen LogP contribution in [-0.4, -0.2) is 34.5 Å². The van der Waals surface area contributed by atoms with Crippen molar-refractivity contribution in [3.63, 3.8) is 0 Å². The maximum Gasteiger partial charge on any atom is 0.157 e. The van der Waals surface area contributed by atoms with Crippen LogP contribution in [0.2, 0.25) is 0 Å². The highest BCUT2D eigenvalue weighted by molar-refractivity contribution is 8.14. The maximum atomic E-state index is 4.68. The van der Waals surface area contributed by atoms with Crippen LogP contribution in [0.5, 0.6) is 0 Å². The van der Waals surface area contributed by atoms with Gasteiger partial charge in [0.25, 0.3) is 0 Å². The van der Waals surface area contributed by atoms with Gasteiger partial charge in [-0.15, -0.1) is 0 Å². The van der Waals surface area contributed by atoms with E-state index in [4.69, 9.17) is 0 Å². The predicted molar refractivity (Wildman–Crippen MR) is 72.0 cm³/mol.